The van der Waals surface area contributed by atoms with Gasteiger partial charge in [0.05, 0.1) is 40.1 Å². The third kappa shape index (κ3) is 8.61. The predicted octanol–water partition coefficient (Wildman–Crippen LogP) is 6.67. The fourth-order valence-electron chi connectivity index (χ4n) is 4.59. The maximum atomic E-state index is 12.9. The number of methoxy groups -OCH3 is 3. The molecule has 1 N–H and O–H groups in total. The monoisotopic (exact) mass is 573 g/mol. The summed E-state index contributed by atoms with van der Waals surface area (Å²) < 4.78 is 22.1. The Morgan fingerprint density at radius 2 is 1.52 bits per heavy atom. The normalized spacial score (nSPS) is 13.6. The highest BCUT2D eigenvalue weighted by molar-refractivity contribution is 6.09. The molecule has 0 aliphatic carbocycles. The zero-order valence-corrected chi connectivity index (χ0v) is 24.5. The molecule has 0 bridgehead atoms. The highest BCUT2D eigenvalue weighted by atomic mass is 16.7. The molecule has 0 aromatic heterocycles. The van der Waals surface area contributed by atoms with Gasteiger partial charge in [0.1, 0.15) is 28.7 Å². The lowest BCUT2D eigenvalue weighted by atomic mass is 10.0. The Morgan fingerprint density at radius 1 is 0.810 bits per heavy atom. The molecule has 8 nitrogen and oxygen atoms in total. The lowest BCUT2D eigenvalue weighted by molar-refractivity contribution is -0.143. The molecule has 1 heterocycles. The average molecular weight is 574 g/mol. The third-order valence-corrected chi connectivity index (χ3v) is 6.96. The summed E-state index contributed by atoms with van der Waals surface area (Å²) in [5, 5.41) is 12.3. The number of phenols is 1. The number of aromatic hydroxyl groups is 1. The molecule has 0 amide bonds. The first kappa shape index (κ1) is 30.7. The second kappa shape index (κ2) is 15.7. The molecular formula is C34H39NO7. The first-order valence-corrected chi connectivity index (χ1v) is 14.1. The van der Waals surface area contributed by atoms with Crippen LogP contribution in [0.4, 0.5) is 0 Å². The van der Waals surface area contributed by atoms with Crippen LogP contribution >= 0.6 is 0 Å². The molecule has 222 valence electrons. The van der Waals surface area contributed by atoms with Crippen LogP contribution in [0, 0.1) is 0 Å². The number of nitrogens with zero attached hydrogens (tertiary/aromatic N) is 1. The van der Waals surface area contributed by atoms with E-state index in [2.05, 4.69) is 5.06 Å². The summed E-state index contributed by atoms with van der Waals surface area (Å²) in [6.45, 7) is 3.45. The first-order chi connectivity index (χ1) is 20.5. The van der Waals surface area contributed by atoms with Crippen LogP contribution in [0.3, 0.4) is 0 Å². The van der Waals surface area contributed by atoms with Gasteiger partial charge in [0.25, 0.3) is 0 Å². The quantitative estimate of drug-likeness (QED) is 0.0934. The summed E-state index contributed by atoms with van der Waals surface area (Å²) in [4.78, 5) is 18.6. The van der Waals surface area contributed by atoms with Crippen LogP contribution in [0.1, 0.15) is 52.7 Å². The summed E-state index contributed by atoms with van der Waals surface area (Å²) in [7, 11) is 4.65. The smallest absolute Gasteiger partial charge is 0.189 e. The van der Waals surface area contributed by atoms with E-state index in [1.807, 2.05) is 42.5 Å². The van der Waals surface area contributed by atoms with E-state index < -0.39 is 0 Å². The number of allylic oxidation sites excluding steroid dienone is 1. The highest BCUT2D eigenvalue weighted by Gasteiger charge is 2.13. The van der Waals surface area contributed by atoms with Crippen LogP contribution in [-0.4, -0.2) is 63.6 Å². The molecule has 8 heteroatoms. The predicted molar refractivity (Wildman–Crippen MR) is 164 cm³/mol. The van der Waals surface area contributed by atoms with E-state index in [4.69, 9.17) is 23.8 Å². The number of hydrogen-bond donors (Lipinski definition) is 1. The molecule has 42 heavy (non-hydrogen) atoms. The molecule has 3 aromatic rings. The van der Waals surface area contributed by atoms with Gasteiger partial charge in [-0.1, -0.05) is 24.3 Å². The largest absolute Gasteiger partial charge is 0.507 e. The summed E-state index contributed by atoms with van der Waals surface area (Å²) in [5.41, 5.74) is 2.65. The number of benzene rings is 3. The molecule has 0 unspecified atom stereocenters. The Morgan fingerprint density at radius 3 is 2.21 bits per heavy atom. The summed E-state index contributed by atoms with van der Waals surface area (Å²) >= 11 is 0. The van der Waals surface area contributed by atoms with Crippen molar-refractivity contribution in [2.24, 2.45) is 0 Å². The number of hydrogen-bond acceptors (Lipinski definition) is 8. The minimum absolute atomic E-state index is 0.148. The first-order valence-electron chi connectivity index (χ1n) is 14.1. The van der Waals surface area contributed by atoms with E-state index in [0.717, 1.165) is 49.4 Å². The third-order valence-electron chi connectivity index (χ3n) is 6.96. The van der Waals surface area contributed by atoms with Crippen LogP contribution < -0.4 is 18.9 Å². The SMILES string of the molecule is COc1ccc(C(=O)/C=C/c2c(/C=C/c3ccc(OCCCCON4CCCC4)cc3)cc(OC)cc2OC)c(O)c1. The topological polar surface area (TPSA) is 86.7 Å². The van der Waals surface area contributed by atoms with Crippen molar-refractivity contribution < 1.29 is 33.7 Å². The fourth-order valence-corrected chi connectivity index (χ4v) is 4.59. The van der Waals surface area contributed by atoms with Crippen molar-refractivity contribution in [3.8, 4) is 28.7 Å². The molecule has 4 rings (SSSR count). The van der Waals surface area contributed by atoms with E-state index >= 15 is 0 Å². The maximum Gasteiger partial charge on any atom is 0.189 e. The molecule has 3 aromatic carbocycles. The molecule has 1 aliphatic heterocycles. The van der Waals surface area contributed by atoms with E-state index in [1.54, 1.807) is 32.4 Å². The molecular weight excluding hydrogens is 534 g/mol. The second-order valence-electron chi connectivity index (χ2n) is 9.84. The summed E-state index contributed by atoms with van der Waals surface area (Å²) in [6.07, 6.45) is 11.3. The number of rotatable bonds is 15. The molecule has 1 saturated heterocycles. The molecule has 0 saturated carbocycles. The number of hydroxylamine groups is 2. The lowest BCUT2D eigenvalue weighted by Gasteiger charge is -2.14. The van der Waals surface area contributed by atoms with Crippen LogP contribution in [0.15, 0.2) is 60.7 Å². The van der Waals surface area contributed by atoms with E-state index in [-0.39, 0.29) is 17.1 Å². The van der Waals surface area contributed by atoms with E-state index in [1.165, 1.54) is 38.2 Å². The number of phenolic OH excluding ortho intramolecular Hbond substituents is 1. The van der Waals surface area contributed by atoms with Crippen LogP contribution in [0.5, 0.6) is 28.7 Å². The standard InChI is InChI=1S/C34H39NO7/c1-38-28-14-15-31(33(37)23-28)32(36)17-16-30-26(22-29(39-2)24-34(30)40-3)11-8-25-9-12-27(13-10-25)41-20-6-7-21-42-35-18-4-5-19-35/h8-17,22-24,37H,4-7,18-21H2,1-3H3/b11-8+,17-16+. The van der Waals surface area contributed by atoms with Gasteiger partial charge in [-0.25, -0.2) is 0 Å². The lowest BCUT2D eigenvalue weighted by Crippen LogP contribution is -2.20. The Balaban J connectivity index is 1.40. The Labute approximate surface area is 247 Å². The fraction of sp³-hybridized carbons (Fsp3) is 0.324. The van der Waals surface area contributed by atoms with E-state index in [9.17, 15) is 9.90 Å². The van der Waals surface area contributed by atoms with Crippen molar-refractivity contribution in [3.05, 3.63) is 82.9 Å². The highest BCUT2D eigenvalue weighted by Crippen LogP contribution is 2.32. The Bertz CT molecular complexity index is 1380. The minimum Gasteiger partial charge on any atom is -0.507 e. The van der Waals surface area contributed by atoms with Gasteiger partial charge in [0.15, 0.2) is 5.78 Å². The van der Waals surface area contributed by atoms with Gasteiger partial charge < -0.3 is 24.1 Å². The Kier molecular flexibility index (Phi) is 11.4. The van der Waals surface area contributed by atoms with Gasteiger partial charge >= 0.3 is 0 Å². The van der Waals surface area contributed by atoms with Crippen LogP contribution in [-0.2, 0) is 4.84 Å². The summed E-state index contributed by atoms with van der Waals surface area (Å²) in [5.74, 6) is 1.96. The summed E-state index contributed by atoms with van der Waals surface area (Å²) in [6, 6.07) is 16.1. The number of ketones is 1. The van der Waals surface area contributed by atoms with Crippen molar-refractivity contribution in [1.29, 1.82) is 0 Å². The van der Waals surface area contributed by atoms with Crippen molar-refractivity contribution >= 4 is 24.0 Å². The van der Waals surface area contributed by atoms with Crippen molar-refractivity contribution in [3.63, 3.8) is 0 Å². The zero-order chi connectivity index (χ0) is 29.7. The Hall–Kier alpha value is -4.27. The molecule has 1 fully saturated rings. The van der Waals surface area contributed by atoms with Gasteiger partial charge in [0.2, 0.25) is 0 Å². The van der Waals surface area contributed by atoms with Gasteiger partial charge in [-0.05, 0) is 79.3 Å². The average Bonchev–Trinajstić information content (AvgIpc) is 3.54. The van der Waals surface area contributed by atoms with E-state index in [0.29, 0.717) is 29.4 Å². The van der Waals surface area contributed by atoms with Gasteiger partial charge in [0, 0.05) is 30.8 Å². The number of carbonyl (C=O) groups excluding carboxylic acids is 1. The molecule has 0 radical (unpaired) electrons. The van der Waals surface area contributed by atoms with Gasteiger partial charge in [-0.3, -0.25) is 9.63 Å². The van der Waals surface area contributed by atoms with Crippen molar-refractivity contribution in [2.75, 3.05) is 47.6 Å². The van der Waals surface area contributed by atoms with Crippen molar-refractivity contribution in [2.45, 2.75) is 25.7 Å². The molecule has 1 aliphatic rings. The number of carbonyl (C=O) groups is 1. The maximum absolute atomic E-state index is 12.9. The zero-order valence-electron chi connectivity index (χ0n) is 24.5. The molecule has 0 spiro atoms. The number of unbranched alkanes of at least 4 members (excludes halogenated alkanes) is 1. The van der Waals surface area contributed by atoms with Crippen LogP contribution in [0.2, 0.25) is 0 Å². The second-order valence-corrected chi connectivity index (χ2v) is 9.84. The minimum atomic E-state index is -0.349. The number of ether oxygens (including phenoxy) is 4. The van der Waals surface area contributed by atoms with Crippen molar-refractivity contribution in [1.82, 2.24) is 5.06 Å². The van der Waals surface area contributed by atoms with Gasteiger partial charge in [-0.2, -0.15) is 5.06 Å². The van der Waals surface area contributed by atoms with Crippen LogP contribution in [0.25, 0.3) is 18.2 Å². The molecule has 0 atom stereocenters. The van der Waals surface area contributed by atoms with Gasteiger partial charge in [-0.15, -0.1) is 0 Å².